The molecule has 4 nitrogen and oxygen atoms in total. The average Bonchev–Trinajstić information content (AvgIpc) is 2.74. The molecule has 0 fully saturated rings. The first-order chi connectivity index (χ1) is 9.02. The van der Waals surface area contributed by atoms with Gasteiger partial charge in [0.15, 0.2) is 0 Å². The Kier molecular flexibility index (Phi) is 3.76. The second-order valence-corrected chi connectivity index (χ2v) is 5.17. The van der Waals surface area contributed by atoms with Crippen LogP contribution in [0.2, 0.25) is 0 Å². The molecule has 1 aromatic heterocycles. The lowest BCUT2D eigenvalue weighted by Gasteiger charge is -2.08. The Balaban J connectivity index is 2.39. The number of rotatable bonds is 4. The summed E-state index contributed by atoms with van der Waals surface area (Å²) >= 11 is 1.18. The summed E-state index contributed by atoms with van der Waals surface area (Å²) in [6.07, 6.45) is 0. The van der Waals surface area contributed by atoms with Crippen molar-refractivity contribution in [3.05, 3.63) is 34.7 Å². The lowest BCUT2D eigenvalue weighted by Crippen LogP contribution is -1.96. The summed E-state index contributed by atoms with van der Waals surface area (Å²) in [5.74, 6) is -0.148. The van der Waals surface area contributed by atoms with Crippen LogP contribution >= 0.6 is 11.3 Å². The van der Waals surface area contributed by atoms with Crippen LogP contribution in [0, 0.1) is 6.92 Å². The molecule has 0 unspecified atom stereocenters. The van der Waals surface area contributed by atoms with Crippen molar-refractivity contribution in [3.8, 4) is 16.2 Å². The molecule has 2 rings (SSSR count). The number of aromatic carboxylic acids is 1. The second kappa shape index (κ2) is 5.32. The topological polar surface area (TPSA) is 72.5 Å². The van der Waals surface area contributed by atoms with Gasteiger partial charge in [-0.05, 0) is 49.2 Å². The van der Waals surface area contributed by atoms with Crippen LogP contribution in [-0.4, -0.2) is 17.7 Å². The van der Waals surface area contributed by atoms with E-state index in [1.54, 1.807) is 6.07 Å². The number of hydrogen-bond donors (Lipinski definition) is 2. The average molecular weight is 277 g/mol. The highest BCUT2D eigenvalue weighted by molar-refractivity contribution is 7.17. The van der Waals surface area contributed by atoms with Crippen molar-refractivity contribution in [2.75, 3.05) is 12.3 Å². The van der Waals surface area contributed by atoms with E-state index in [2.05, 4.69) is 0 Å². The molecule has 2 aromatic rings. The van der Waals surface area contributed by atoms with Crippen molar-refractivity contribution in [1.29, 1.82) is 0 Å². The normalized spacial score (nSPS) is 10.4. The third-order valence-corrected chi connectivity index (χ3v) is 3.90. The van der Waals surface area contributed by atoms with E-state index in [9.17, 15) is 4.79 Å². The van der Waals surface area contributed by atoms with Gasteiger partial charge >= 0.3 is 5.97 Å². The fourth-order valence-electron chi connectivity index (χ4n) is 1.83. The largest absolute Gasteiger partial charge is 0.494 e. The van der Waals surface area contributed by atoms with E-state index in [0.29, 0.717) is 12.3 Å². The number of anilines is 1. The number of hydrogen-bond acceptors (Lipinski definition) is 4. The van der Waals surface area contributed by atoms with Gasteiger partial charge in [0, 0.05) is 4.88 Å². The van der Waals surface area contributed by atoms with E-state index in [0.717, 1.165) is 21.8 Å². The first-order valence-electron chi connectivity index (χ1n) is 5.89. The molecule has 0 aliphatic rings. The first kappa shape index (κ1) is 13.4. The van der Waals surface area contributed by atoms with Crippen molar-refractivity contribution in [2.45, 2.75) is 13.8 Å². The van der Waals surface area contributed by atoms with Crippen molar-refractivity contribution >= 4 is 23.0 Å². The maximum Gasteiger partial charge on any atom is 0.348 e. The third kappa shape index (κ3) is 2.71. The van der Waals surface area contributed by atoms with Gasteiger partial charge in [-0.1, -0.05) is 0 Å². The van der Waals surface area contributed by atoms with Gasteiger partial charge in [-0.15, -0.1) is 11.3 Å². The number of carbonyl (C=O) groups is 1. The Labute approximate surface area is 115 Å². The molecule has 100 valence electrons. The molecule has 0 aliphatic carbocycles. The van der Waals surface area contributed by atoms with Crippen LogP contribution in [0.3, 0.4) is 0 Å². The molecule has 1 heterocycles. The highest BCUT2D eigenvalue weighted by Gasteiger charge is 2.14. The molecule has 0 saturated heterocycles. The van der Waals surface area contributed by atoms with Crippen molar-refractivity contribution in [1.82, 2.24) is 0 Å². The van der Waals surface area contributed by atoms with Crippen LogP contribution in [0.15, 0.2) is 24.3 Å². The van der Waals surface area contributed by atoms with Crippen molar-refractivity contribution in [2.24, 2.45) is 0 Å². The Morgan fingerprint density at radius 2 is 2.16 bits per heavy atom. The Bertz CT molecular complexity index is 619. The van der Waals surface area contributed by atoms with Gasteiger partial charge in [0.2, 0.25) is 0 Å². The minimum absolute atomic E-state index is 0.182. The maximum absolute atomic E-state index is 11.0. The molecule has 0 bridgehead atoms. The number of nitrogens with two attached hydrogens (primary N) is 1. The van der Waals surface area contributed by atoms with E-state index < -0.39 is 5.97 Å². The van der Waals surface area contributed by atoms with Gasteiger partial charge in [-0.3, -0.25) is 0 Å². The number of aryl methyl sites for hydroxylation is 1. The van der Waals surface area contributed by atoms with Crippen molar-refractivity contribution in [3.63, 3.8) is 0 Å². The smallest absolute Gasteiger partial charge is 0.348 e. The van der Waals surface area contributed by atoms with Gasteiger partial charge in [-0.25, -0.2) is 4.79 Å². The number of carboxylic acid groups (broad SMARTS) is 1. The molecular formula is C14H15NO3S. The molecule has 0 spiro atoms. The minimum Gasteiger partial charge on any atom is -0.494 e. The highest BCUT2D eigenvalue weighted by Crippen LogP contribution is 2.35. The quantitative estimate of drug-likeness (QED) is 0.898. The predicted molar refractivity (Wildman–Crippen MR) is 77.0 cm³/mol. The monoisotopic (exact) mass is 277 g/mol. The Morgan fingerprint density at radius 1 is 1.42 bits per heavy atom. The number of nitrogen functional groups attached to an aromatic ring is 1. The SMILES string of the molecule is CCOc1ccc(-c2cc(N)c(C(=O)O)s2)cc1C. The summed E-state index contributed by atoms with van der Waals surface area (Å²) in [4.78, 5) is 12.0. The lowest BCUT2D eigenvalue weighted by atomic mass is 10.1. The van der Waals surface area contributed by atoms with Gasteiger partial charge in [-0.2, -0.15) is 0 Å². The van der Waals surface area contributed by atoms with Crippen LogP contribution in [0.1, 0.15) is 22.2 Å². The first-order valence-corrected chi connectivity index (χ1v) is 6.71. The molecule has 0 atom stereocenters. The zero-order chi connectivity index (χ0) is 14.0. The van der Waals surface area contributed by atoms with E-state index in [1.807, 2.05) is 32.0 Å². The molecule has 1 aromatic carbocycles. The number of carboxylic acids is 1. The molecule has 0 aliphatic heterocycles. The van der Waals surface area contributed by atoms with E-state index in [-0.39, 0.29) is 4.88 Å². The Hall–Kier alpha value is -2.01. The van der Waals surface area contributed by atoms with Gasteiger partial charge in [0.05, 0.1) is 12.3 Å². The van der Waals surface area contributed by atoms with Gasteiger partial charge in [0.1, 0.15) is 10.6 Å². The predicted octanol–water partition coefficient (Wildman–Crippen LogP) is 3.40. The summed E-state index contributed by atoms with van der Waals surface area (Å²) in [6, 6.07) is 7.48. The summed E-state index contributed by atoms with van der Waals surface area (Å²) in [5.41, 5.74) is 7.97. The molecule has 3 N–H and O–H groups in total. The van der Waals surface area contributed by atoms with Crippen LogP contribution in [0.25, 0.3) is 10.4 Å². The van der Waals surface area contributed by atoms with E-state index >= 15 is 0 Å². The third-order valence-electron chi connectivity index (χ3n) is 2.71. The standard InChI is InChI=1S/C14H15NO3S/c1-3-18-11-5-4-9(6-8(11)2)12-7-10(15)13(19-12)14(16)17/h4-7H,3,15H2,1-2H3,(H,16,17). The van der Waals surface area contributed by atoms with Crippen molar-refractivity contribution < 1.29 is 14.6 Å². The zero-order valence-electron chi connectivity index (χ0n) is 10.8. The Morgan fingerprint density at radius 3 is 2.68 bits per heavy atom. The highest BCUT2D eigenvalue weighted by atomic mass is 32.1. The molecule has 0 amide bonds. The molecular weight excluding hydrogens is 262 g/mol. The lowest BCUT2D eigenvalue weighted by molar-refractivity contribution is 0.0703. The van der Waals surface area contributed by atoms with Gasteiger partial charge in [0.25, 0.3) is 0 Å². The molecule has 0 saturated carbocycles. The summed E-state index contributed by atoms with van der Waals surface area (Å²) in [5, 5.41) is 9.00. The fourth-order valence-corrected chi connectivity index (χ4v) is 2.75. The van der Waals surface area contributed by atoms with Crippen LogP contribution < -0.4 is 10.5 Å². The van der Waals surface area contributed by atoms with Gasteiger partial charge < -0.3 is 15.6 Å². The minimum atomic E-state index is -0.989. The number of ether oxygens (including phenoxy) is 1. The summed E-state index contributed by atoms with van der Waals surface area (Å²) < 4.78 is 5.48. The number of benzene rings is 1. The second-order valence-electron chi connectivity index (χ2n) is 4.11. The summed E-state index contributed by atoms with van der Waals surface area (Å²) in [6.45, 7) is 4.52. The zero-order valence-corrected chi connectivity index (χ0v) is 11.6. The number of thiophene rings is 1. The molecule has 19 heavy (non-hydrogen) atoms. The van der Waals surface area contributed by atoms with E-state index in [4.69, 9.17) is 15.6 Å². The summed E-state index contributed by atoms with van der Waals surface area (Å²) in [7, 11) is 0. The van der Waals surface area contributed by atoms with E-state index in [1.165, 1.54) is 11.3 Å². The van der Waals surface area contributed by atoms with Crippen LogP contribution in [-0.2, 0) is 0 Å². The van der Waals surface area contributed by atoms with Crippen LogP contribution in [0.4, 0.5) is 5.69 Å². The van der Waals surface area contributed by atoms with Crippen LogP contribution in [0.5, 0.6) is 5.75 Å². The molecule has 0 radical (unpaired) electrons. The fraction of sp³-hybridized carbons (Fsp3) is 0.214. The maximum atomic E-state index is 11.0. The molecule has 5 heteroatoms.